The van der Waals surface area contributed by atoms with Crippen LogP contribution in [0.1, 0.15) is 32.3 Å². The first-order valence-corrected chi connectivity index (χ1v) is 6.54. The number of fused-ring (bicyclic) bond motifs is 1. The highest BCUT2D eigenvalue weighted by atomic mass is 16.5. The van der Waals surface area contributed by atoms with E-state index in [9.17, 15) is 4.79 Å². The zero-order valence-corrected chi connectivity index (χ0v) is 11.1. The lowest BCUT2D eigenvalue weighted by Crippen LogP contribution is -2.44. The Hall–Kier alpha value is -1.35. The Kier molecular flexibility index (Phi) is 2.49. The Morgan fingerprint density at radius 3 is 2.61 bits per heavy atom. The maximum atomic E-state index is 12.4. The van der Waals surface area contributed by atoms with Crippen LogP contribution < -0.4 is 0 Å². The number of benzene rings is 1. The molecule has 3 heteroatoms. The Balaban J connectivity index is 2.01. The summed E-state index contributed by atoms with van der Waals surface area (Å²) in [6.07, 6.45) is 0. The van der Waals surface area contributed by atoms with Gasteiger partial charge in [-0.05, 0) is 19.4 Å². The van der Waals surface area contributed by atoms with E-state index in [0.717, 1.165) is 0 Å². The molecule has 3 nitrogen and oxygen atoms in total. The second-order valence-corrected chi connectivity index (χ2v) is 5.76. The number of carbonyl (C=O) groups is 1. The summed E-state index contributed by atoms with van der Waals surface area (Å²) in [4.78, 5) is 14.4. The van der Waals surface area contributed by atoms with Crippen molar-refractivity contribution in [2.45, 2.75) is 38.5 Å². The molecule has 96 valence electrons. The van der Waals surface area contributed by atoms with Crippen LogP contribution in [0.5, 0.6) is 0 Å². The molecule has 2 heterocycles. The van der Waals surface area contributed by atoms with Gasteiger partial charge in [0, 0.05) is 11.8 Å². The molecule has 0 saturated carbocycles. The number of hydrogen-bond acceptors (Lipinski definition) is 2. The van der Waals surface area contributed by atoms with Crippen molar-refractivity contribution in [1.82, 2.24) is 4.90 Å². The van der Waals surface area contributed by atoms with E-state index in [0.29, 0.717) is 6.61 Å². The van der Waals surface area contributed by atoms with Gasteiger partial charge in [0.15, 0.2) is 0 Å². The summed E-state index contributed by atoms with van der Waals surface area (Å²) >= 11 is 0. The fourth-order valence-electron chi connectivity index (χ4n) is 3.42. The minimum atomic E-state index is -0.459. The van der Waals surface area contributed by atoms with Gasteiger partial charge in [0.05, 0.1) is 12.6 Å². The van der Waals surface area contributed by atoms with Gasteiger partial charge < -0.3 is 9.64 Å². The highest BCUT2D eigenvalue weighted by molar-refractivity contribution is 5.84. The van der Waals surface area contributed by atoms with Gasteiger partial charge in [-0.3, -0.25) is 4.79 Å². The fourth-order valence-corrected chi connectivity index (χ4v) is 3.42. The van der Waals surface area contributed by atoms with E-state index in [2.05, 4.69) is 12.1 Å². The lowest BCUT2D eigenvalue weighted by molar-refractivity contribution is -0.144. The standard InChI is InChI=1S/C15H19NO2/c1-10-13(11-7-5-4-6-8-11)12-9-18-15(2,3)16(12)14(10)17/h4-8,10,12-13H,9H2,1-3H3. The van der Waals surface area contributed by atoms with Gasteiger partial charge in [0.2, 0.25) is 5.91 Å². The zero-order chi connectivity index (χ0) is 12.9. The summed E-state index contributed by atoms with van der Waals surface area (Å²) in [6.45, 7) is 6.63. The molecule has 0 bridgehead atoms. The second kappa shape index (κ2) is 3.82. The smallest absolute Gasteiger partial charge is 0.228 e. The number of carbonyl (C=O) groups excluding carboxylic acids is 1. The van der Waals surface area contributed by atoms with Crippen molar-refractivity contribution in [1.29, 1.82) is 0 Å². The Morgan fingerprint density at radius 2 is 1.94 bits per heavy atom. The minimum Gasteiger partial charge on any atom is -0.354 e. The van der Waals surface area contributed by atoms with Gasteiger partial charge in [0.25, 0.3) is 0 Å². The molecule has 3 unspecified atom stereocenters. The molecule has 1 amide bonds. The lowest BCUT2D eigenvalue weighted by Gasteiger charge is -2.29. The van der Waals surface area contributed by atoms with Gasteiger partial charge in [0.1, 0.15) is 5.72 Å². The highest BCUT2D eigenvalue weighted by Gasteiger charge is 2.55. The van der Waals surface area contributed by atoms with Crippen LogP contribution in [0, 0.1) is 5.92 Å². The Morgan fingerprint density at radius 1 is 1.28 bits per heavy atom. The van der Waals surface area contributed by atoms with Crippen molar-refractivity contribution >= 4 is 5.91 Å². The average molecular weight is 245 g/mol. The molecule has 2 aliphatic rings. The van der Waals surface area contributed by atoms with E-state index < -0.39 is 5.72 Å². The van der Waals surface area contributed by atoms with Gasteiger partial charge in [-0.2, -0.15) is 0 Å². The van der Waals surface area contributed by atoms with Crippen LogP contribution in [-0.2, 0) is 9.53 Å². The molecule has 2 fully saturated rings. The third-order valence-electron chi connectivity index (χ3n) is 4.28. The normalized spacial score (nSPS) is 33.8. The van der Waals surface area contributed by atoms with Crippen LogP contribution in [-0.4, -0.2) is 29.2 Å². The zero-order valence-electron chi connectivity index (χ0n) is 11.1. The molecule has 0 radical (unpaired) electrons. The molecule has 3 atom stereocenters. The molecule has 0 aromatic heterocycles. The van der Waals surface area contributed by atoms with Crippen molar-refractivity contribution in [3.63, 3.8) is 0 Å². The molecule has 1 aromatic carbocycles. The Labute approximate surface area is 108 Å². The molecule has 18 heavy (non-hydrogen) atoms. The van der Waals surface area contributed by atoms with Crippen LogP contribution >= 0.6 is 0 Å². The quantitative estimate of drug-likeness (QED) is 0.760. The summed E-state index contributed by atoms with van der Waals surface area (Å²) in [5, 5.41) is 0. The SMILES string of the molecule is CC1C(=O)N2C(COC2(C)C)C1c1ccccc1. The molecule has 3 rings (SSSR count). The van der Waals surface area contributed by atoms with Crippen LogP contribution in [0.15, 0.2) is 30.3 Å². The van der Waals surface area contributed by atoms with Crippen LogP contribution in [0.2, 0.25) is 0 Å². The van der Waals surface area contributed by atoms with Crippen LogP contribution in [0.4, 0.5) is 0 Å². The summed E-state index contributed by atoms with van der Waals surface area (Å²) in [6, 6.07) is 10.5. The van der Waals surface area contributed by atoms with Crippen molar-refractivity contribution in [3.8, 4) is 0 Å². The van der Waals surface area contributed by atoms with E-state index in [1.807, 2.05) is 43.9 Å². The number of ether oxygens (including phenoxy) is 1. The van der Waals surface area contributed by atoms with Crippen molar-refractivity contribution in [3.05, 3.63) is 35.9 Å². The first-order valence-electron chi connectivity index (χ1n) is 6.54. The van der Waals surface area contributed by atoms with Crippen LogP contribution in [0.3, 0.4) is 0 Å². The topological polar surface area (TPSA) is 29.5 Å². The molecular weight excluding hydrogens is 226 g/mol. The van der Waals surface area contributed by atoms with Crippen molar-refractivity contribution in [2.75, 3.05) is 6.61 Å². The molecule has 1 aromatic rings. The maximum Gasteiger partial charge on any atom is 0.228 e. The first kappa shape index (κ1) is 11.7. The van der Waals surface area contributed by atoms with Gasteiger partial charge in [-0.1, -0.05) is 37.3 Å². The van der Waals surface area contributed by atoms with Crippen LogP contribution in [0.25, 0.3) is 0 Å². The van der Waals surface area contributed by atoms with E-state index in [4.69, 9.17) is 4.74 Å². The molecule has 0 N–H and O–H groups in total. The average Bonchev–Trinajstić information content (AvgIpc) is 2.79. The third kappa shape index (κ3) is 1.50. The molecule has 0 aliphatic carbocycles. The maximum absolute atomic E-state index is 12.4. The van der Waals surface area contributed by atoms with E-state index in [1.54, 1.807) is 0 Å². The minimum absolute atomic E-state index is 0.0422. The lowest BCUT2D eigenvalue weighted by atomic mass is 9.85. The summed E-state index contributed by atoms with van der Waals surface area (Å²) in [5.41, 5.74) is 0.784. The van der Waals surface area contributed by atoms with E-state index >= 15 is 0 Å². The molecule has 2 saturated heterocycles. The predicted molar refractivity (Wildman–Crippen MR) is 69.0 cm³/mol. The van der Waals surface area contributed by atoms with Crippen molar-refractivity contribution in [2.24, 2.45) is 5.92 Å². The van der Waals surface area contributed by atoms with E-state index in [-0.39, 0.29) is 23.8 Å². The summed E-state index contributed by atoms with van der Waals surface area (Å²) in [7, 11) is 0. The Bertz CT molecular complexity index is 469. The van der Waals surface area contributed by atoms with Crippen molar-refractivity contribution < 1.29 is 9.53 Å². The number of rotatable bonds is 1. The fraction of sp³-hybridized carbons (Fsp3) is 0.533. The number of nitrogens with zero attached hydrogens (tertiary/aromatic N) is 1. The molecular formula is C15H19NO2. The molecule has 0 spiro atoms. The largest absolute Gasteiger partial charge is 0.354 e. The highest BCUT2D eigenvalue weighted by Crippen LogP contribution is 2.46. The van der Waals surface area contributed by atoms with Gasteiger partial charge >= 0.3 is 0 Å². The third-order valence-corrected chi connectivity index (χ3v) is 4.28. The van der Waals surface area contributed by atoms with Gasteiger partial charge in [-0.25, -0.2) is 0 Å². The van der Waals surface area contributed by atoms with Gasteiger partial charge in [-0.15, -0.1) is 0 Å². The summed E-state index contributed by atoms with van der Waals surface area (Å²) < 4.78 is 5.78. The number of hydrogen-bond donors (Lipinski definition) is 0. The number of amides is 1. The monoisotopic (exact) mass is 245 g/mol. The second-order valence-electron chi connectivity index (χ2n) is 5.76. The van der Waals surface area contributed by atoms with E-state index in [1.165, 1.54) is 5.56 Å². The first-order chi connectivity index (χ1) is 8.52. The predicted octanol–water partition coefficient (Wildman–Crippen LogP) is 2.38. The summed E-state index contributed by atoms with van der Waals surface area (Å²) in [5.74, 6) is 0.511. The molecule has 2 aliphatic heterocycles.